The van der Waals surface area contributed by atoms with Gasteiger partial charge < -0.3 is 0 Å². The van der Waals surface area contributed by atoms with Crippen LogP contribution in [0.3, 0.4) is 0 Å². The molecule has 0 unspecified atom stereocenters. The number of piperidine rings is 1. The number of para-hydroxylation sites is 2. The van der Waals surface area contributed by atoms with Gasteiger partial charge in [-0.2, -0.15) is 0 Å². The minimum atomic E-state index is 0.153. The number of fused-ring (bicyclic) bond motifs is 2. The molecule has 1 amide bonds. The number of carbonyl (C=O) groups is 1. The number of carbonyl (C=O) groups excluding carboxylic acids is 1. The maximum atomic E-state index is 13.2. The molecule has 1 fully saturated rings. The highest BCUT2D eigenvalue weighted by atomic mass is 16.2. The first-order valence-corrected chi connectivity index (χ1v) is 8.74. The summed E-state index contributed by atoms with van der Waals surface area (Å²) in [5, 5.41) is 0. The summed E-state index contributed by atoms with van der Waals surface area (Å²) in [5.74, 6) is 0.153. The molecule has 3 nitrogen and oxygen atoms in total. The van der Waals surface area contributed by atoms with E-state index in [9.17, 15) is 4.79 Å². The van der Waals surface area contributed by atoms with E-state index in [-0.39, 0.29) is 5.91 Å². The predicted molar refractivity (Wildman–Crippen MR) is 99.2 cm³/mol. The SMILES string of the molecule is O=C(CN1CCCCC1)N1c2ccccc2C=Cc2ccccc21. The molecule has 2 aliphatic rings. The number of hydrogen-bond donors (Lipinski definition) is 0. The van der Waals surface area contributed by atoms with Crippen molar-refractivity contribution in [2.45, 2.75) is 19.3 Å². The van der Waals surface area contributed by atoms with E-state index in [2.05, 4.69) is 29.2 Å². The Morgan fingerprint density at radius 3 is 1.92 bits per heavy atom. The van der Waals surface area contributed by atoms with E-state index in [1.807, 2.05) is 41.3 Å². The number of hydrogen-bond acceptors (Lipinski definition) is 2. The second kappa shape index (κ2) is 6.62. The van der Waals surface area contributed by atoms with Crippen LogP contribution in [-0.2, 0) is 4.79 Å². The van der Waals surface area contributed by atoms with Gasteiger partial charge in [-0.05, 0) is 49.2 Å². The van der Waals surface area contributed by atoms with Gasteiger partial charge in [-0.1, -0.05) is 55.0 Å². The normalized spacial score (nSPS) is 17.1. The number of anilines is 2. The van der Waals surface area contributed by atoms with Crippen molar-refractivity contribution in [1.29, 1.82) is 0 Å². The Hall–Kier alpha value is -2.39. The summed E-state index contributed by atoms with van der Waals surface area (Å²) in [6, 6.07) is 16.3. The van der Waals surface area contributed by atoms with Crippen LogP contribution in [0.5, 0.6) is 0 Å². The van der Waals surface area contributed by atoms with Gasteiger partial charge in [-0.15, -0.1) is 0 Å². The molecule has 3 heteroatoms. The third-order valence-electron chi connectivity index (χ3n) is 4.85. The van der Waals surface area contributed by atoms with Crippen LogP contribution in [0.25, 0.3) is 12.2 Å². The number of nitrogens with zero attached hydrogens (tertiary/aromatic N) is 2. The van der Waals surface area contributed by atoms with Gasteiger partial charge in [0.15, 0.2) is 0 Å². The Balaban J connectivity index is 1.72. The van der Waals surface area contributed by atoms with Gasteiger partial charge in [0.25, 0.3) is 0 Å². The van der Waals surface area contributed by atoms with Gasteiger partial charge in [0.1, 0.15) is 0 Å². The summed E-state index contributed by atoms with van der Waals surface area (Å²) < 4.78 is 0. The van der Waals surface area contributed by atoms with Crippen molar-refractivity contribution in [2.24, 2.45) is 0 Å². The first kappa shape index (κ1) is 15.2. The minimum Gasteiger partial charge on any atom is -0.294 e. The van der Waals surface area contributed by atoms with Crippen molar-refractivity contribution in [3.8, 4) is 0 Å². The van der Waals surface area contributed by atoms with E-state index in [1.165, 1.54) is 19.3 Å². The molecule has 0 radical (unpaired) electrons. The topological polar surface area (TPSA) is 23.6 Å². The summed E-state index contributed by atoms with van der Waals surface area (Å²) in [5.41, 5.74) is 4.11. The zero-order valence-corrected chi connectivity index (χ0v) is 13.8. The molecule has 2 aromatic carbocycles. The summed E-state index contributed by atoms with van der Waals surface area (Å²) in [6.07, 6.45) is 7.87. The van der Waals surface area contributed by atoms with E-state index in [0.717, 1.165) is 35.6 Å². The van der Waals surface area contributed by atoms with Crippen LogP contribution >= 0.6 is 0 Å². The fourth-order valence-corrected chi connectivity index (χ4v) is 3.62. The maximum absolute atomic E-state index is 13.2. The van der Waals surface area contributed by atoms with Gasteiger partial charge in [-0.3, -0.25) is 14.6 Å². The molecule has 2 heterocycles. The lowest BCUT2D eigenvalue weighted by Crippen LogP contribution is -2.40. The Bertz CT molecular complexity index is 725. The molecule has 1 saturated heterocycles. The Morgan fingerprint density at radius 2 is 1.33 bits per heavy atom. The molecular formula is C21H22N2O. The number of amides is 1. The molecule has 122 valence electrons. The monoisotopic (exact) mass is 318 g/mol. The molecule has 0 saturated carbocycles. The standard InChI is InChI=1S/C21H22N2O/c24-21(16-22-14-6-1-7-15-22)23-19-10-4-2-8-17(19)12-13-18-9-3-5-11-20(18)23/h2-5,8-13H,1,6-7,14-16H2. The molecule has 0 bridgehead atoms. The van der Waals surface area contributed by atoms with Crippen molar-refractivity contribution in [1.82, 2.24) is 4.90 Å². The average Bonchev–Trinajstić information content (AvgIpc) is 2.79. The summed E-state index contributed by atoms with van der Waals surface area (Å²) in [7, 11) is 0. The molecule has 0 atom stereocenters. The van der Waals surface area contributed by atoms with Gasteiger partial charge in [-0.25, -0.2) is 0 Å². The fourth-order valence-electron chi connectivity index (χ4n) is 3.62. The number of benzene rings is 2. The Labute approximate surface area is 143 Å². The van der Waals surface area contributed by atoms with Crippen molar-refractivity contribution >= 4 is 29.4 Å². The van der Waals surface area contributed by atoms with Crippen molar-refractivity contribution < 1.29 is 4.79 Å². The largest absolute Gasteiger partial charge is 0.294 e. The molecule has 0 N–H and O–H groups in total. The number of rotatable bonds is 2. The second-order valence-corrected chi connectivity index (χ2v) is 6.52. The summed E-state index contributed by atoms with van der Waals surface area (Å²) >= 11 is 0. The lowest BCUT2D eigenvalue weighted by molar-refractivity contribution is -0.119. The van der Waals surface area contributed by atoms with E-state index in [4.69, 9.17) is 0 Å². The zero-order chi connectivity index (χ0) is 16.4. The first-order valence-electron chi connectivity index (χ1n) is 8.74. The Morgan fingerprint density at radius 1 is 0.792 bits per heavy atom. The average molecular weight is 318 g/mol. The van der Waals surface area contributed by atoms with Crippen LogP contribution < -0.4 is 4.90 Å². The lowest BCUT2D eigenvalue weighted by atomic mass is 10.1. The molecule has 2 aliphatic heterocycles. The third kappa shape index (κ3) is 2.87. The highest BCUT2D eigenvalue weighted by Gasteiger charge is 2.25. The van der Waals surface area contributed by atoms with Crippen LogP contribution in [-0.4, -0.2) is 30.4 Å². The molecule has 2 aromatic rings. The van der Waals surface area contributed by atoms with Gasteiger partial charge in [0.05, 0.1) is 17.9 Å². The third-order valence-corrected chi connectivity index (χ3v) is 4.85. The molecule has 0 spiro atoms. The van der Waals surface area contributed by atoms with Crippen molar-refractivity contribution in [3.05, 3.63) is 59.7 Å². The molecule has 0 aliphatic carbocycles. The van der Waals surface area contributed by atoms with Gasteiger partial charge >= 0.3 is 0 Å². The van der Waals surface area contributed by atoms with Crippen LogP contribution in [0.2, 0.25) is 0 Å². The van der Waals surface area contributed by atoms with Crippen LogP contribution in [0.15, 0.2) is 48.5 Å². The lowest BCUT2D eigenvalue weighted by Gasteiger charge is -2.30. The van der Waals surface area contributed by atoms with E-state index >= 15 is 0 Å². The van der Waals surface area contributed by atoms with E-state index in [1.54, 1.807) is 0 Å². The summed E-state index contributed by atoms with van der Waals surface area (Å²) in [4.78, 5) is 17.4. The molecule has 0 aromatic heterocycles. The minimum absolute atomic E-state index is 0.153. The van der Waals surface area contributed by atoms with Crippen LogP contribution in [0, 0.1) is 0 Å². The van der Waals surface area contributed by atoms with Gasteiger partial charge in [0, 0.05) is 0 Å². The highest BCUT2D eigenvalue weighted by Crippen LogP contribution is 2.36. The summed E-state index contributed by atoms with van der Waals surface area (Å²) in [6.45, 7) is 2.55. The van der Waals surface area contributed by atoms with Crippen molar-refractivity contribution in [3.63, 3.8) is 0 Å². The molecular weight excluding hydrogens is 296 g/mol. The second-order valence-electron chi connectivity index (χ2n) is 6.52. The van der Waals surface area contributed by atoms with Crippen molar-refractivity contribution in [2.75, 3.05) is 24.5 Å². The predicted octanol–water partition coefficient (Wildman–Crippen LogP) is 4.32. The fraction of sp³-hybridized carbons (Fsp3) is 0.286. The van der Waals surface area contributed by atoms with E-state index < -0.39 is 0 Å². The van der Waals surface area contributed by atoms with E-state index in [0.29, 0.717) is 6.54 Å². The highest BCUT2D eigenvalue weighted by molar-refractivity contribution is 6.07. The quantitative estimate of drug-likeness (QED) is 0.823. The van der Waals surface area contributed by atoms with Crippen LogP contribution in [0.4, 0.5) is 11.4 Å². The molecule has 24 heavy (non-hydrogen) atoms. The Kier molecular flexibility index (Phi) is 4.18. The maximum Gasteiger partial charge on any atom is 0.245 e. The zero-order valence-electron chi connectivity index (χ0n) is 13.8. The first-order chi connectivity index (χ1) is 11.8. The molecule has 4 rings (SSSR count). The van der Waals surface area contributed by atoms with Crippen LogP contribution in [0.1, 0.15) is 30.4 Å². The smallest absolute Gasteiger partial charge is 0.245 e. The van der Waals surface area contributed by atoms with Gasteiger partial charge in [0.2, 0.25) is 5.91 Å². The number of likely N-dealkylation sites (tertiary alicyclic amines) is 1.